The molecule has 0 saturated carbocycles. The van der Waals surface area contributed by atoms with Gasteiger partial charge in [0, 0.05) is 5.69 Å². The van der Waals surface area contributed by atoms with E-state index in [2.05, 4.69) is 5.32 Å². The molecule has 130 valence electrons. The zero-order chi connectivity index (χ0) is 18.4. The smallest absolute Gasteiger partial charge is 0.262 e. The number of hydrogen-bond donors (Lipinski definition) is 1. The minimum atomic E-state index is -1.58. The first-order chi connectivity index (χ1) is 11.9. The number of methoxy groups -OCH3 is 1. The van der Waals surface area contributed by atoms with Gasteiger partial charge in [-0.2, -0.15) is 0 Å². The third kappa shape index (κ3) is 4.71. The number of carbonyl (C=O) groups is 3. The van der Waals surface area contributed by atoms with E-state index >= 15 is 0 Å². The van der Waals surface area contributed by atoms with Gasteiger partial charge in [0.25, 0.3) is 5.91 Å². The van der Waals surface area contributed by atoms with E-state index in [4.69, 9.17) is 9.47 Å². The number of carbonyl (C=O) groups excluding carboxylic acids is 3. The van der Waals surface area contributed by atoms with Gasteiger partial charge in [0.1, 0.15) is 0 Å². The average molecular weight is 343 g/mol. The second kappa shape index (κ2) is 7.82. The summed E-state index contributed by atoms with van der Waals surface area (Å²) >= 11 is 0. The van der Waals surface area contributed by atoms with E-state index in [1.54, 1.807) is 24.3 Å². The highest BCUT2D eigenvalue weighted by Gasteiger charge is 2.09. The zero-order valence-electron chi connectivity index (χ0n) is 13.1. The molecule has 0 aliphatic rings. The van der Waals surface area contributed by atoms with Crippen LogP contribution in [0.5, 0.6) is 11.5 Å². The summed E-state index contributed by atoms with van der Waals surface area (Å²) in [6.45, 7) is -0.392. The van der Waals surface area contributed by atoms with Gasteiger partial charge in [0.05, 0.1) is 19.0 Å². The number of hydrogen-bond acceptors (Lipinski definition) is 7. The Kier molecular flexibility index (Phi) is 5.57. The number of ether oxygens (including phenoxy) is 2. The second-order valence-corrected chi connectivity index (χ2v) is 4.86. The van der Waals surface area contributed by atoms with Crippen molar-refractivity contribution in [1.29, 1.82) is 0 Å². The van der Waals surface area contributed by atoms with Gasteiger partial charge in [0.2, 0.25) is 0 Å². The van der Waals surface area contributed by atoms with Crippen LogP contribution in [0.4, 0.5) is 5.69 Å². The molecular formula is C17H13NO7-2. The summed E-state index contributed by atoms with van der Waals surface area (Å²) in [7, 11) is 1.45. The number of anilines is 1. The summed E-state index contributed by atoms with van der Waals surface area (Å²) in [5, 5.41) is 24.2. The van der Waals surface area contributed by atoms with Crippen LogP contribution in [0.1, 0.15) is 20.7 Å². The SMILES string of the molecule is COc1ccccc1OCC(=O)Nc1cc(C(=O)[O-])cc(C(=O)[O-])c1. The Labute approximate surface area is 142 Å². The van der Waals surface area contributed by atoms with Crippen molar-refractivity contribution in [3.05, 3.63) is 53.6 Å². The largest absolute Gasteiger partial charge is 0.545 e. The Morgan fingerprint density at radius 1 is 0.960 bits per heavy atom. The summed E-state index contributed by atoms with van der Waals surface area (Å²) in [6, 6.07) is 9.72. The zero-order valence-corrected chi connectivity index (χ0v) is 13.1. The topological polar surface area (TPSA) is 128 Å². The molecule has 1 N–H and O–H groups in total. The van der Waals surface area contributed by atoms with E-state index in [0.29, 0.717) is 11.5 Å². The lowest BCUT2D eigenvalue weighted by molar-refractivity contribution is -0.255. The first-order valence-electron chi connectivity index (χ1n) is 7.04. The van der Waals surface area contributed by atoms with Gasteiger partial charge in [-0.05, 0) is 41.5 Å². The van der Waals surface area contributed by atoms with Gasteiger partial charge in [-0.3, -0.25) is 4.79 Å². The molecule has 0 fully saturated rings. The monoisotopic (exact) mass is 343 g/mol. The Bertz CT molecular complexity index is 784. The molecule has 8 heteroatoms. The van der Waals surface area contributed by atoms with Crippen LogP contribution in [0.25, 0.3) is 0 Å². The number of aromatic carboxylic acids is 2. The fourth-order valence-electron chi connectivity index (χ4n) is 2.01. The highest BCUT2D eigenvalue weighted by Crippen LogP contribution is 2.25. The van der Waals surface area contributed by atoms with Crippen molar-refractivity contribution >= 4 is 23.5 Å². The van der Waals surface area contributed by atoms with Crippen molar-refractivity contribution in [1.82, 2.24) is 0 Å². The van der Waals surface area contributed by atoms with Crippen LogP contribution < -0.4 is 25.0 Å². The molecule has 0 atom stereocenters. The van der Waals surface area contributed by atoms with Gasteiger partial charge < -0.3 is 34.6 Å². The van der Waals surface area contributed by atoms with Crippen LogP contribution in [0.15, 0.2) is 42.5 Å². The molecule has 0 aliphatic carbocycles. The minimum absolute atomic E-state index is 0.0328. The van der Waals surface area contributed by atoms with Gasteiger partial charge >= 0.3 is 0 Å². The van der Waals surface area contributed by atoms with E-state index in [1.165, 1.54) is 7.11 Å². The molecule has 25 heavy (non-hydrogen) atoms. The Balaban J connectivity index is 2.09. The molecule has 0 radical (unpaired) electrons. The number of benzene rings is 2. The molecule has 0 aromatic heterocycles. The van der Waals surface area contributed by atoms with Gasteiger partial charge in [-0.15, -0.1) is 0 Å². The van der Waals surface area contributed by atoms with Crippen LogP contribution >= 0.6 is 0 Å². The lowest BCUT2D eigenvalue weighted by Crippen LogP contribution is -2.27. The summed E-state index contributed by atoms with van der Waals surface area (Å²) < 4.78 is 10.4. The Morgan fingerprint density at radius 3 is 2.04 bits per heavy atom. The summed E-state index contributed by atoms with van der Waals surface area (Å²) in [4.78, 5) is 33.8. The van der Waals surface area contributed by atoms with E-state index < -0.39 is 35.6 Å². The molecule has 0 aliphatic heterocycles. The van der Waals surface area contributed by atoms with E-state index in [1.807, 2.05) is 0 Å². The van der Waals surface area contributed by atoms with Gasteiger partial charge in [-0.1, -0.05) is 12.1 Å². The standard InChI is InChI=1S/C17H15NO7/c1-24-13-4-2-3-5-14(13)25-9-15(19)18-12-7-10(16(20)21)6-11(8-12)17(22)23/h2-8H,9H2,1H3,(H,18,19)(H,20,21)(H,22,23)/p-2. The minimum Gasteiger partial charge on any atom is -0.545 e. The maximum Gasteiger partial charge on any atom is 0.262 e. The van der Waals surface area contributed by atoms with Crippen molar-refractivity contribution in [2.24, 2.45) is 0 Å². The molecule has 0 bridgehead atoms. The van der Waals surface area contributed by atoms with E-state index in [-0.39, 0.29) is 5.69 Å². The van der Waals surface area contributed by atoms with Crippen LogP contribution in [0.2, 0.25) is 0 Å². The third-order valence-corrected chi connectivity index (χ3v) is 3.12. The van der Waals surface area contributed by atoms with Crippen molar-refractivity contribution < 1.29 is 34.1 Å². The molecule has 1 amide bonds. The molecular weight excluding hydrogens is 330 g/mol. The fraction of sp³-hybridized carbons (Fsp3) is 0.118. The number of amides is 1. The molecule has 0 spiro atoms. The molecule has 0 heterocycles. The normalized spacial score (nSPS) is 9.96. The Morgan fingerprint density at radius 2 is 1.52 bits per heavy atom. The van der Waals surface area contributed by atoms with Crippen molar-refractivity contribution in [2.45, 2.75) is 0 Å². The average Bonchev–Trinajstić information content (AvgIpc) is 2.59. The number of para-hydroxylation sites is 2. The summed E-state index contributed by atoms with van der Waals surface area (Å²) in [6.07, 6.45) is 0. The molecule has 2 aromatic rings. The molecule has 8 nitrogen and oxygen atoms in total. The van der Waals surface area contributed by atoms with E-state index in [9.17, 15) is 24.6 Å². The highest BCUT2D eigenvalue weighted by molar-refractivity contribution is 5.97. The lowest BCUT2D eigenvalue weighted by atomic mass is 10.1. The molecule has 0 unspecified atom stereocenters. The summed E-state index contributed by atoms with van der Waals surface area (Å²) in [5.41, 5.74) is -0.833. The molecule has 0 saturated heterocycles. The maximum absolute atomic E-state index is 11.9. The highest BCUT2D eigenvalue weighted by atomic mass is 16.5. The number of rotatable bonds is 7. The second-order valence-electron chi connectivity index (χ2n) is 4.86. The van der Waals surface area contributed by atoms with Crippen molar-refractivity contribution in [3.63, 3.8) is 0 Å². The van der Waals surface area contributed by atoms with Gasteiger partial charge in [-0.25, -0.2) is 0 Å². The van der Waals surface area contributed by atoms with Crippen LogP contribution in [-0.4, -0.2) is 31.6 Å². The predicted octanol–water partition coefficient (Wildman–Crippen LogP) is -0.560. The number of nitrogens with one attached hydrogen (secondary N) is 1. The van der Waals surface area contributed by atoms with Crippen molar-refractivity contribution in [3.8, 4) is 11.5 Å². The third-order valence-electron chi connectivity index (χ3n) is 3.12. The number of carboxylic acid groups (broad SMARTS) is 2. The summed E-state index contributed by atoms with van der Waals surface area (Å²) in [5.74, 6) is -2.99. The maximum atomic E-state index is 11.9. The van der Waals surface area contributed by atoms with Crippen molar-refractivity contribution in [2.75, 3.05) is 19.0 Å². The lowest BCUT2D eigenvalue weighted by Gasteiger charge is -2.13. The molecule has 2 rings (SSSR count). The first-order valence-corrected chi connectivity index (χ1v) is 7.04. The molecule has 2 aromatic carbocycles. The van der Waals surface area contributed by atoms with Gasteiger partial charge in [0.15, 0.2) is 18.1 Å². The van der Waals surface area contributed by atoms with Crippen LogP contribution in [-0.2, 0) is 4.79 Å². The predicted molar refractivity (Wildman–Crippen MR) is 82.2 cm³/mol. The van der Waals surface area contributed by atoms with Crippen LogP contribution in [0, 0.1) is 0 Å². The fourth-order valence-corrected chi connectivity index (χ4v) is 2.01. The van der Waals surface area contributed by atoms with E-state index in [0.717, 1.165) is 18.2 Å². The quantitative estimate of drug-likeness (QED) is 0.713. The first kappa shape index (κ1) is 17.8. The van der Waals surface area contributed by atoms with Crippen LogP contribution in [0.3, 0.4) is 0 Å². The Hall–Kier alpha value is -3.55. The number of carboxylic acids is 2.